The smallest absolute Gasteiger partial charge is 0.255 e. The third kappa shape index (κ3) is 4.02. The first-order valence-corrected chi connectivity index (χ1v) is 9.85. The van der Waals surface area contributed by atoms with E-state index in [1.54, 1.807) is 18.2 Å². The summed E-state index contributed by atoms with van der Waals surface area (Å²) in [7, 11) is 0. The van der Waals surface area contributed by atoms with Gasteiger partial charge in [0.1, 0.15) is 17.0 Å². The molecule has 0 bridgehead atoms. The van der Waals surface area contributed by atoms with Crippen LogP contribution in [0, 0.1) is 0 Å². The highest BCUT2D eigenvalue weighted by Gasteiger charge is 2.15. The van der Waals surface area contributed by atoms with Crippen LogP contribution in [-0.4, -0.2) is 10.9 Å². The number of benzene rings is 4. The Balaban J connectivity index is 1.41. The number of hydrogen-bond acceptors (Lipinski definition) is 4. The maximum Gasteiger partial charge on any atom is 0.255 e. The van der Waals surface area contributed by atoms with Crippen molar-refractivity contribution in [2.45, 2.75) is 0 Å². The normalized spacial score (nSPS) is 10.7. The lowest BCUT2D eigenvalue weighted by Crippen LogP contribution is -2.12. The number of ether oxygens (including phenoxy) is 1. The average molecular weight is 406 g/mol. The number of rotatable bonds is 5. The summed E-state index contributed by atoms with van der Waals surface area (Å²) >= 11 is 0. The zero-order chi connectivity index (χ0) is 21.0. The summed E-state index contributed by atoms with van der Waals surface area (Å²) in [6, 6.07) is 31.5. The number of hydrogen-bond donors (Lipinski definition) is 1. The fraction of sp³-hybridized carbons (Fsp3) is 0. The van der Waals surface area contributed by atoms with Gasteiger partial charge in [-0.05, 0) is 54.6 Å². The van der Waals surface area contributed by atoms with Crippen molar-refractivity contribution in [3.05, 3.63) is 109 Å². The standard InChI is InChI=1S/C26H18N2O3/c29-25(18-9-8-12-20(17-18)30-19-10-2-1-3-11-19)27-22-14-5-4-13-21(22)26-28-23-15-6-7-16-24(23)31-26/h1-17H,(H,27,29). The molecule has 1 N–H and O–H groups in total. The van der Waals surface area contributed by atoms with Crippen molar-refractivity contribution in [3.63, 3.8) is 0 Å². The van der Waals surface area contributed by atoms with Crippen LogP contribution in [0.2, 0.25) is 0 Å². The molecule has 4 aromatic carbocycles. The molecular formula is C26H18N2O3. The molecule has 0 atom stereocenters. The number of aromatic nitrogens is 1. The average Bonchev–Trinajstić information content (AvgIpc) is 3.24. The summed E-state index contributed by atoms with van der Waals surface area (Å²) in [6.07, 6.45) is 0. The van der Waals surface area contributed by atoms with E-state index in [1.165, 1.54) is 0 Å². The summed E-state index contributed by atoms with van der Waals surface area (Å²) in [6.45, 7) is 0. The third-order valence-electron chi connectivity index (χ3n) is 4.77. The van der Waals surface area contributed by atoms with Gasteiger partial charge in [-0.15, -0.1) is 0 Å². The van der Waals surface area contributed by atoms with E-state index in [-0.39, 0.29) is 5.91 Å². The summed E-state index contributed by atoms with van der Waals surface area (Å²) in [4.78, 5) is 17.5. The van der Waals surface area contributed by atoms with Gasteiger partial charge in [-0.25, -0.2) is 4.98 Å². The second kappa shape index (κ2) is 8.16. The number of para-hydroxylation sites is 4. The molecule has 0 saturated carbocycles. The van der Waals surface area contributed by atoms with Gasteiger partial charge in [0.25, 0.3) is 5.91 Å². The molecule has 5 rings (SSSR count). The molecular weight excluding hydrogens is 388 g/mol. The fourth-order valence-electron chi connectivity index (χ4n) is 3.29. The van der Waals surface area contributed by atoms with E-state index < -0.39 is 0 Å². The molecule has 0 spiro atoms. The molecule has 0 aliphatic heterocycles. The molecule has 5 nitrogen and oxygen atoms in total. The van der Waals surface area contributed by atoms with Crippen molar-refractivity contribution < 1.29 is 13.9 Å². The zero-order valence-electron chi connectivity index (χ0n) is 16.5. The van der Waals surface area contributed by atoms with Gasteiger partial charge in [0, 0.05) is 5.56 Å². The van der Waals surface area contributed by atoms with E-state index in [0.29, 0.717) is 39.8 Å². The molecule has 1 heterocycles. The SMILES string of the molecule is O=C(Nc1ccccc1-c1nc2ccccc2o1)c1cccc(Oc2ccccc2)c1. The van der Waals surface area contributed by atoms with Crippen LogP contribution in [0.4, 0.5) is 5.69 Å². The number of carbonyl (C=O) groups is 1. The van der Waals surface area contributed by atoms with Crippen LogP contribution < -0.4 is 10.1 Å². The Bertz CT molecular complexity index is 1330. The van der Waals surface area contributed by atoms with Crippen molar-refractivity contribution in [2.24, 2.45) is 0 Å². The predicted molar refractivity (Wildman–Crippen MR) is 120 cm³/mol. The van der Waals surface area contributed by atoms with E-state index in [9.17, 15) is 4.79 Å². The molecule has 1 amide bonds. The predicted octanol–water partition coefficient (Wildman–Crippen LogP) is 6.54. The number of amides is 1. The molecule has 0 aliphatic carbocycles. The Labute approximate surface area is 178 Å². The molecule has 31 heavy (non-hydrogen) atoms. The van der Waals surface area contributed by atoms with Gasteiger partial charge in [0.15, 0.2) is 5.58 Å². The Morgan fingerprint density at radius 2 is 1.52 bits per heavy atom. The maximum absolute atomic E-state index is 13.0. The van der Waals surface area contributed by atoms with Crippen molar-refractivity contribution in [1.29, 1.82) is 0 Å². The summed E-state index contributed by atoms with van der Waals surface area (Å²) in [5.74, 6) is 1.51. The first-order chi connectivity index (χ1) is 15.3. The molecule has 0 fully saturated rings. The number of oxazole rings is 1. The molecule has 0 saturated heterocycles. The Kier molecular flexibility index (Phi) is 4.91. The van der Waals surface area contributed by atoms with Gasteiger partial charge >= 0.3 is 0 Å². The third-order valence-corrected chi connectivity index (χ3v) is 4.77. The van der Waals surface area contributed by atoms with Crippen molar-refractivity contribution in [1.82, 2.24) is 4.98 Å². The van der Waals surface area contributed by atoms with Gasteiger partial charge in [0.05, 0.1) is 11.3 Å². The van der Waals surface area contributed by atoms with E-state index >= 15 is 0 Å². The van der Waals surface area contributed by atoms with Gasteiger partial charge in [-0.2, -0.15) is 0 Å². The number of anilines is 1. The van der Waals surface area contributed by atoms with Gasteiger partial charge < -0.3 is 14.5 Å². The molecule has 0 unspecified atom stereocenters. The maximum atomic E-state index is 13.0. The minimum atomic E-state index is -0.248. The van der Waals surface area contributed by atoms with E-state index in [1.807, 2.05) is 84.9 Å². The fourth-order valence-corrected chi connectivity index (χ4v) is 3.29. The molecule has 0 radical (unpaired) electrons. The van der Waals surface area contributed by atoms with Crippen LogP contribution in [0.3, 0.4) is 0 Å². The molecule has 1 aromatic heterocycles. The number of nitrogens with zero attached hydrogens (tertiary/aromatic N) is 1. The molecule has 5 aromatic rings. The lowest BCUT2D eigenvalue weighted by Gasteiger charge is -2.10. The largest absolute Gasteiger partial charge is 0.457 e. The second-order valence-corrected chi connectivity index (χ2v) is 6.93. The Hall–Kier alpha value is -4.38. The van der Waals surface area contributed by atoms with E-state index in [4.69, 9.17) is 9.15 Å². The van der Waals surface area contributed by atoms with E-state index in [0.717, 1.165) is 5.52 Å². The quantitative estimate of drug-likeness (QED) is 0.360. The van der Waals surface area contributed by atoms with Crippen molar-refractivity contribution >= 4 is 22.7 Å². The zero-order valence-corrected chi connectivity index (χ0v) is 16.5. The van der Waals surface area contributed by atoms with Crippen LogP contribution in [-0.2, 0) is 0 Å². The van der Waals surface area contributed by atoms with Crippen LogP contribution in [0.5, 0.6) is 11.5 Å². The van der Waals surface area contributed by atoms with Crippen LogP contribution in [0.15, 0.2) is 108 Å². The summed E-state index contributed by atoms with van der Waals surface area (Å²) in [5, 5.41) is 2.97. The first kappa shape index (κ1) is 18.6. The van der Waals surface area contributed by atoms with Crippen LogP contribution in [0.1, 0.15) is 10.4 Å². The molecule has 0 aliphatic rings. The minimum Gasteiger partial charge on any atom is -0.457 e. The highest BCUT2D eigenvalue weighted by atomic mass is 16.5. The summed E-state index contributed by atoms with van der Waals surface area (Å²) in [5.41, 5.74) is 3.28. The van der Waals surface area contributed by atoms with Crippen LogP contribution >= 0.6 is 0 Å². The lowest BCUT2D eigenvalue weighted by atomic mass is 10.1. The van der Waals surface area contributed by atoms with Crippen molar-refractivity contribution in [3.8, 4) is 23.0 Å². The highest BCUT2D eigenvalue weighted by molar-refractivity contribution is 6.06. The topological polar surface area (TPSA) is 64.4 Å². The second-order valence-electron chi connectivity index (χ2n) is 6.93. The molecule has 150 valence electrons. The number of nitrogens with one attached hydrogen (secondary N) is 1. The monoisotopic (exact) mass is 406 g/mol. The van der Waals surface area contributed by atoms with Gasteiger partial charge in [0.2, 0.25) is 5.89 Å². The van der Waals surface area contributed by atoms with Crippen LogP contribution in [0.25, 0.3) is 22.6 Å². The first-order valence-electron chi connectivity index (χ1n) is 9.85. The molecule has 5 heteroatoms. The number of fused-ring (bicyclic) bond motifs is 1. The minimum absolute atomic E-state index is 0.248. The highest BCUT2D eigenvalue weighted by Crippen LogP contribution is 2.30. The summed E-state index contributed by atoms with van der Waals surface area (Å²) < 4.78 is 11.7. The Morgan fingerprint density at radius 1 is 0.774 bits per heavy atom. The lowest BCUT2D eigenvalue weighted by molar-refractivity contribution is 0.102. The number of carbonyl (C=O) groups excluding carboxylic acids is 1. The van der Waals surface area contributed by atoms with Gasteiger partial charge in [-0.1, -0.05) is 48.5 Å². The van der Waals surface area contributed by atoms with E-state index in [2.05, 4.69) is 10.3 Å². The Morgan fingerprint density at radius 3 is 2.39 bits per heavy atom. The van der Waals surface area contributed by atoms with Gasteiger partial charge in [-0.3, -0.25) is 4.79 Å². The van der Waals surface area contributed by atoms with Crippen molar-refractivity contribution in [2.75, 3.05) is 5.32 Å².